The normalized spacial score (nSPS) is 17.7. The van der Waals surface area contributed by atoms with E-state index in [0.29, 0.717) is 35.3 Å². The summed E-state index contributed by atoms with van der Waals surface area (Å²) in [4.78, 5) is 66.4. The fourth-order valence-corrected chi connectivity index (χ4v) is 7.49. The van der Waals surface area contributed by atoms with Crippen LogP contribution in [0.3, 0.4) is 0 Å². The van der Waals surface area contributed by atoms with Crippen LogP contribution in [0, 0.1) is 17.6 Å². The molecule has 2 atom stereocenters. The van der Waals surface area contributed by atoms with Crippen LogP contribution in [0.1, 0.15) is 68.0 Å². The summed E-state index contributed by atoms with van der Waals surface area (Å²) < 4.78 is 35.7. The third-order valence-electron chi connectivity index (χ3n) is 8.79. The van der Waals surface area contributed by atoms with Crippen LogP contribution in [0.5, 0.6) is 5.75 Å². The third-order valence-corrected chi connectivity index (χ3v) is 10.2. The average molecular weight is 803 g/mol. The minimum Gasteiger partial charge on any atom is -0.487 e. The van der Waals surface area contributed by atoms with Gasteiger partial charge in [-0.3, -0.25) is 29.3 Å². The van der Waals surface area contributed by atoms with Crippen LogP contribution < -0.4 is 15.4 Å². The highest BCUT2D eigenvalue weighted by Crippen LogP contribution is 2.35. The Morgan fingerprint density at radius 3 is 2.40 bits per heavy atom. The molecule has 9 nitrogen and oxygen atoms in total. The molecule has 0 radical (unpaired) electrons. The molecule has 0 saturated carbocycles. The lowest BCUT2D eigenvalue weighted by molar-refractivity contribution is -0.115. The van der Waals surface area contributed by atoms with Crippen molar-refractivity contribution < 1.29 is 37.5 Å². The lowest BCUT2D eigenvalue weighted by atomic mass is 9.97. The van der Waals surface area contributed by atoms with Gasteiger partial charge in [0.2, 0.25) is 0 Å². The lowest BCUT2D eigenvalue weighted by Gasteiger charge is -2.25. The zero-order valence-electron chi connectivity index (χ0n) is 28.7. The molecule has 2 aliphatic rings. The van der Waals surface area contributed by atoms with Crippen LogP contribution in [0.15, 0.2) is 94.3 Å². The number of nitrogens with one attached hydrogen (secondary N) is 2. The summed E-state index contributed by atoms with van der Waals surface area (Å²) in [6, 6.07) is 20.4. The summed E-state index contributed by atoms with van der Waals surface area (Å²) in [7, 11) is 0. The number of ketones is 1. The molecule has 2 aliphatic heterocycles. The maximum Gasteiger partial charge on any atom is 0.290 e. The molecule has 4 aromatic rings. The first-order valence-electron chi connectivity index (χ1n) is 16.8. The number of benzene rings is 4. The Labute approximate surface area is 317 Å². The number of imide groups is 1. The van der Waals surface area contributed by atoms with Crippen LogP contribution in [0.4, 0.5) is 13.6 Å². The second-order valence-corrected chi connectivity index (χ2v) is 15.0. The Morgan fingerprint density at radius 1 is 0.981 bits per heavy atom. The van der Waals surface area contributed by atoms with Gasteiger partial charge >= 0.3 is 0 Å². The second-order valence-electron chi connectivity index (χ2n) is 13.1. The van der Waals surface area contributed by atoms with Crippen molar-refractivity contribution in [2.24, 2.45) is 5.92 Å². The molecule has 13 heteroatoms. The topological polar surface area (TPSA) is 122 Å². The first-order chi connectivity index (χ1) is 25.4. The highest BCUT2D eigenvalue weighted by atomic mass is 79.9. The van der Waals surface area contributed by atoms with E-state index in [4.69, 9.17) is 4.74 Å². The smallest absolute Gasteiger partial charge is 0.290 e. The van der Waals surface area contributed by atoms with Crippen molar-refractivity contribution in [2.45, 2.75) is 38.8 Å². The molecule has 53 heavy (non-hydrogen) atoms. The number of para-hydroxylation sites is 1. The SMILES string of the molecule is CC(C)Cc1cccc(Br)c1O[C@@H]1C[C@@H](CNC(=O)c2ccc(/C=C3/SC(=O)NC3=O)cc2)N(C(=O)c2ccccc2C(=O)c2ccc(F)cc2F)C1. The summed E-state index contributed by atoms with van der Waals surface area (Å²) in [5.74, 6) is -3.02. The molecule has 4 amide bonds. The molecule has 6 rings (SSSR count). The van der Waals surface area contributed by atoms with E-state index in [2.05, 4.69) is 40.4 Å². The number of carbonyl (C=O) groups is 5. The molecular weight excluding hydrogens is 768 g/mol. The molecule has 0 aromatic heterocycles. The largest absolute Gasteiger partial charge is 0.487 e. The number of thioether (sulfide) groups is 1. The quantitative estimate of drug-likeness (QED) is 0.119. The van der Waals surface area contributed by atoms with Gasteiger partial charge in [0.05, 0.1) is 33.1 Å². The van der Waals surface area contributed by atoms with Gasteiger partial charge in [-0.05, 0) is 93.6 Å². The van der Waals surface area contributed by atoms with Gasteiger partial charge in [-0.1, -0.05) is 56.3 Å². The van der Waals surface area contributed by atoms with E-state index >= 15 is 0 Å². The minimum absolute atomic E-state index is 0.0279. The molecule has 0 bridgehead atoms. The lowest BCUT2D eigenvalue weighted by Crippen LogP contribution is -2.43. The van der Waals surface area contributed by atoms with Crippen LogP contribution in [0.2, 0.25) is 0 Å². The Morgan fingerprint density at radius 2 is 1.72 bits per heavy atom. The molecule has 272 valence electrons. The van der Waals surface area contributed by atoms with Crippen LogP contribution in [-0.4, -0.2) is 58.9 Å². The second kappa shape index (κ2) is 16.3. The van der Waals surface area contributed by atoms with Crippen molar-refractivity contribution in [3.63, 3.8) is 0 Å². The monoisotopic (exact) mass is 801 g/mol. The van der Waals surface area contributed by atoms with Gasteiger partial charge < -0.3 is 15.0 Å². The van der Waals surface area contributed by atoms with Gasteiger partial charge in [-0.2, -0.15) is 0 Å². The summed E-state index contributed by atoms with van der Waals surface area (Å²) in [5.41, 5.74) is 1.57. The highest BCUT2D eigenvalue weighted by Gasteiger charge is 2.39. The summed E-state index contributed by atoms with van der Waals surface area (Å²) >= 11 is 4.41. The number of hydrogen-bond donors (Lipinski definition) is 2. The molecule has 4 aromatic carbocycles. The average Bonchev–Trinajstić information content (AvgIpc) is 3.68. The number of rotatable bonds is 11. The fraction of sp³-hybridized carbons (Fsp3) is 0.225. The Hall–Kier alpha value is -5.14. The van der Waals surface area contributed by atoms with Crippen molar-refractivity contribution in [3.05, 3.63) is 139 Å². The van der Waals surface area contributed by atoms with Crippen LogP contribution in [0.25, 0.3) is 6.08 Å². The van der Waals surface area contributed by atoms with Gasteiger partial charge in [0.25, 0.3) is 23.0 Å². The first kappa shape index (κ1) is 37.6. The van der Waals surface area contributed by atoms with Gasteiger partial charge in [-0.15, -0.1) is 0 Å². The summed E-state index contributed by atoms with van der Waals surface area (Å²) in [5, 5.41) is 4.66. The number of hydrogen-bond acceptors (Lipinski definition) is 7. The van der Waals surface area contributed by atoms with E-state index in [1.54, 1.807) is 47.4 Å². The maximum atomic E-state index is 14.7. The van der Waals surface area contributed by atoms with E-state index in [0.717, 1.165) is 40.4 Å². The Balaban J connectivity index is 1.25. The van der Waals surface area contributed by atoms with Gasteiger partial charge in [-0.25, -0.2) is 8.78 Å². The third kappa shape index (κ3) is 8.74. The Kier molecular flexibility index (Phi) is 11.5. The first-order valence-corrected chi connectivity index (χ1v) is 18.5. The summed E-state index contributed by atoms with van der Waals surface area (Å²) in [6.45, 7) is 4.39. The number of halogens is 3. The van der Waals surface area contributed by atoms with Crippen molar-refractivity contribution in [1.82, 2.24) is 15.5 Å². The van der Waals surface area contributed by atoms with E-state index in [-0.39, 0.29) is 34.7 Å². The number of carbonyl (C=O) groups excluding carboxylic acids is 5. The van der Waals surface area contributed by atoms with Crippen molar-refractivity contribution in [1.29, 1.82) is 0 Å². The van der Waals surface area contributed by atoms with Crippen molar-refractivity contribution >= 4 is 62.5 Å². The number of likely N-dealkylation sites (tertiary alicyclic amines) is 1. The van der Waals surface area contributed by atoms with Gasteiger partial charge in [0, 0.05) is 30.2 Å². The molecule has 2 fully saturated rings. The van der Waals surface area contributed by atoms with E-state index < -0.39 is 52.5 Å². The number of ether oxygens (including phenoxy) is 1. The summed E-state index contributed by atoms with van der Waals surface area (Å²) in [6.07, 6.45) is 2.19. The molecule has 2 heterocycles. The zero-order chi connectivity index (χ0) is 37.8. The molecule has 0 unspecified atom stereocenters. The maximum absolute atomic E-state index is 14.7. The van der Waals surface area contributed by atoms with Crippen LogP contribution in [-0.2, 0) is 11.2 Å². The van der Waals surface area contributed by atoms with Crippen molar-refractivity contribution in [3.8, 4) is 5.75 Å². The predicted octanol–water partition coefficient (Wildman–Crippen LogP) is 7.57. The number of nitrogens with zero attached hydrogens (tertiary/aromatic N) is 1. The predicted molar refractivity (Wildman–Crippen MR) is 201 cm³/mol. The molecule has 2 saturated heterocycles. The van der Waals surface area contributed by atoms with Gasteiger partial charge in [0.15, 0.2) is 5.78 Å². The Bertz CT molecular complexity index is 2140. The molecule has 0 aliphatic carbocycles. The molecular formula is C40H34BrF2N3O6S. The van der Waals surface area contributed by atoms with E-state index in [9.17, 15) is 32.8 Å². The van der Waals surface area contributed by atoms with E-state index in [1.165, 1.54) is 12.1 Å². The highest BCUT2D eigenvalue weighted by molar-refractivity contribution is 9.10. The molecule has 2 N–H and O–H groups in total. The zero-order valence-corrected chi connectivity index (χ0v) is 31.1. The van der Waals surface area contributed by atoms with E-state index in [1.807, 2.05) is 18.2 Å². The van der Waals surface area contributed by atoms with Gasteiger partial charge in [0.1, 0.15) is 23.5 Å². The standard InChI is InChI=1S/C40H34BrF2N3O6S/c1-22(2)16-25-6-5-9-32(41)36(25)52-28-19-27(20-44-37(48)24-12-10-23(11-13-24)17-34-38(49)45-40(51)53-34)46(21-28)39(50)30-8-4-3-7-29(30)35(47)31-15-14-26(42)18-33(31)43/h3-15,17-18,22,27-28H,16,19-21H2,1-2H3,(H,44,48)(H,45,49,51)/b34-17+/t27-,28+/m0/s1. The van der Waals surface area contributed by atoms with Crippen LogP contribution >= 0.6 is 27.7 Å². The van der Waals surface area contributed by atoms with Crippen molar-refractivity contribution in [2.75, 3.05) is 13.1 Å². The fourth-order valence-electron chi connectivity index (χ4n) is 6.31. The molecule has 0 spiro atoms. The number of amides is 4. The minimum atomic E-state index is -1.04.